The minimum absolute atomic E-state index is 0.202. The number of nitrogens with one attached hydrogen (secondary N) is 1. The van der Waals surface area contributed by atoms with E-state index in [1.807, 2.05) is 36.9 Å². The number of aryl methyl sites for hydroxylation is 3. The summed E-state index contributed by atoms with van der Waals surface area (Å²) in [7, 11) is -3.64. The van der Waals surface area contributed by atoms with Gasteiger partial charge in [0.1, 0.15) is 0 Å². The Balaban J connectivity index is 1.44. The fourth-order valence-electron chi connectivity index (χ4n) is 3.98. The summed E-state index contributed by atoms with van der Waals surface area (Å²) >= 11 is 0. The molecule has 4 rings (SSSR count). The Bertz CT molecular complexity index is 1280. The first-order valence-electron chi connectivity index (χ1n) is 10.7. The summed E-state index contributed by atoms with van der Waals surface area (Å²) in [4.78, 5) is 13.5. The molecule has 10 nitrogen and oxygen atoms in total. The van der Waals surface area contributed by atoms with Gasteiger partial charge in [-0.05, 0) is 62.7 Å². The van der Waals surface area contributed by atoms with E-state index in [2.05, 4.69) is 20.6 Å². The third-order valence-corrected chi connectivity index (χ3v) is 7.60. The number of hydrogen-bond acceptors (Lipinski definition) is 7. The average molecular weight is 470 g/mol. The van der Waals surface area contributed by atoms with Crippen LogP contribution in [0.4, 0.5) is 11.5 Å². The maximum atomic E-state index is 13.2. The molecule has 0 aliphatic carbocycles. The fourth-order valence-corrected chi connectivity index (χ4v) is 5.61. The van der Waals surface area contributed by atoms with Crippen LogP contribution in [0.5, 0.6) is 0 Å². The summed E-state index contributed by atoms with van der Waals surface area (Å²) < 4.78 is 29.6. The van der Waals surface area contributed by atoms with Crippen LogP contribution in [0, 0.1) is 20.8 Å². The summed E-state index contributed by atoms with van der Waals surface area (Å²) in [6, 6.07) is 10.6. The molecular weight excluding hydrogens is 442 g/mol. The van der Waals surface area contributed by atoms with Crippen LogP contribution in [-0.2, 0) is 14.8 Å². The van der Waals surface area contributed by atoms with Crippen molar-refractivity contribution in [3.05, 3.63) is 53.3 Å². The quantitative estimate of drug-likeness (QED) is 0.608. The summed E-state index contributed by atoms with van der Waals surface area (Å²) in [5.41, 5.74) is 3.06. The third-order valence-electron chi connectivity index (χ3n) is 5.54. The van der Waals surface area contributed by atoms with Gasteiger partial charge < -0.3 is 10.2 Å². The number of rotatable bonds is 5. The number of benzene rings is 1. The topological polar surface area (TPSA) is 113 Å². The van der Waals surface area contributed by atoms with Crippen molar-refractivity contribution >= 4 is 27.4 Å². The number of carbonyl (C=O) groups is 1. The first-order chi connectivity index (χ1) is 15.6. The summed E-state index contributed by atoms with van der Waals surface area (Å²) in [5.74, 6) is 1.14. The molecule has 3 heterocycles. The second-order valence-corrected chi connectivity index (χ2v) is 10.0. The lowest BCUT2D eigenvalue weighted by molar-refractivity contribution is -0.114. The fraction of sp³-hybridized carbons (Fsp3) is 0.364. The molecule has 1 aromatic carbocycles. The smallest absolute Gasteiger partial charge is 0.243 e. The average Bonchev–Trinajstić information content (AvgIpc) is 3.11. The van der Waals surface area contributed by atoms with Crippen molar-refractivity contribution in [1.29, 1.82) is 0 Å². The van der Waals surface area contributed by atoms with Gasteiger partial charge in [0, 0.05) is 44.5 Å². The van der Waals surface area contributed by atoms with E-state index in [1.54, 1.807) is 29.8 Å². The molecule has 1 fully saturated rings. The van der Waals surface area contributed by atoms with E-state index < -0.39 is 10.0 Å². The maximum Gasteiger partial charge on any atom is 0.243 e. The van der Waals surface area contributed by atoms with Gasteiger partial charge in [0.25, 0.3) is 0 Å². The van der Waals surface area contributed by atoms with Crippen molar-refractivity contribution < 1.29 is 13.2 Å². The molecule has 0 bridgehead atoms. The Kier molecular flexibility index (Phi) is 6.17. The van der Waals surface area contributed by atoms with E-state index in [0.717, 1.165) is 11.4 Å². The number of carbonyl (C=O) groups excluding carboxylic acids is 1. The molecule has 1 saturated heterocycles. The molecule has 1 amide bonds. The maximum absolute atomic E-state index is 13.2. The largest absolute Gasteiger partial charge is 0.352 e. The van der Waals surface area contributed by atoms with Gasteiger partial charge >= 0.3 is 0 Å². The molecular formula is C22H27N7O3S. The number of nitrogens with zero attached hydrogens (tertiary/aromatic N) is 6. The normalized spacial score (nSPS) is 15.0. The molecule has 174 valence electrons. The molecule has 0 saturated carbocycles. The minimum atomic E-state index is -3.64. The van der Waals surface area contributed by atoms with E-state index in [0.29, 0.717) is 49.1 Å². The van der Waals surface area contributed by atoms with Gasteiger partial charge in [-0.3, -0.25) is 4.79 Å². The summed E-state index contributed by atoms with van der Waals surface area (Å²) in [6.07, 6.45) is 0. The molecule has 11 heteroatoms. The lowest BCUT2D eigenvalue weighted by Gasteiger charge is -2.34. The lowest BCUT2D eigenvalue weighted by atomic mass is 10.2. The zero-order chi connectivity index (χ0) is 23.8. The molecule has 1 N–H and O–H groups in total. The van der Waals surface area contributed by atoms with Gasteiger partial charge in [-0.25, -0.2) is 13.1 Å². The Morgan fingerprint density at radius 1 is 0.939 bits per heavy atom. The summed E-state index contributed by atoms with van der Waals surface area (Å²) in [6.45, 7) is 8.74. The van der Waals surface area contributed by atoms with Crippen LogP contribution in [0.2, 0.25) is 0 Å². The highest BCUT2D eigenvalue weighted by atomic mass is 32.2. The SMILES string of the molecule is CC(=O)Nc1ccc(S(=O)(=O)N2CCN(c3ccc(-n4nc(C)cc4C)nn3)CC2)c(C)c1. The highest BCUT2D eigenvalue weighted by Crippen LogP contribution is 2.25. The third kappa shape index (κ3) is 4.74. The number of amides is 1. The first kappa shape index (κ1) is 22.9. The number of aromatic nitrogens is 4. The Hall–Kier alpha value is -3.31. The second-order valence-electron chi connectivity index (χ2n) is 8.14. The van der Waals surface area contributed by atoms with Crippen LogP contribution in [0.3, 0.4) is 0 Å². The predicted molar refractivity (Wildman–Crippen MR) is 125 cm³/mol. The highest BCUT2D eigenvalue weighted by Gasteiger charge is 2.30. The minimum Gasteiger partial charge on any atom is -0.352 e. The Labute approximate surface area is 193 Å². The van der Waals surface area contributed by atoms with Crippen molar-refractivity contribution in [3.8, 4) is 5.82 Å². The standard InChI is InChI=1S/C22H27N7O3S/c1-15-13-19(23-18(4)30)5-6-20(15)33(31,32)28-11-9-27(10-12-28)21-7-8-22(25-24-21)29-17(3)14-16(2)26-29/h5-8,13-14H,9-12H2,1-4H3,(H,23,30). The first-order valence-corrected chi connectivity index (χ1v) is 12.1. The van der Waals surface area contributed by atoms with E-state index in [9.17, 15) is 13.2 Å². The van der Waals surface area contributed by atoms with Crippen LogP contribution in [0.25, 0.3) is 5.82 Å². The van der Waals surface area contributed by atoms with E-state index >= 15 is 0 Å². The molecule has 0 atom stereocenters. The Morgan fingerprint density at radius 2 is 1.61 bits per heavy atom. The molecule has 33 heavy (non-hydrogen) atoms. The number of piperazine rings is 1. The number of hydrogen-bond donors (Lipinski definition) is 1. The molecule has 0 unspecified atom stereocenters. The summed E-state index contributed by atoms with van der Waals surface area (Å²) in [5, 5.41) is 15.7. The van der Waals surface area contributed by atoms with Crippen molar-refractivity contribution in [1.82, 2.24) is 24.3 Å². The van der Waals surface area contributed by atoms with Crippen molar-refractivity contribution in [2.75, 3.05) is 36.4 Å². The second kappa shape index (κ2) is 8.91. The van der Waals surface area contributed by atoms with Crippen molar-refractivity contribution in [2.45, 2.75) is 32.6 Å². The van der Waals surface area contributed by atoms with Gasteiger partial charge in [0.05, 0.1) is 10.6 Å². The van der Waals surface area contributed by atoms with Crippen LogP contribution in [0.1, 0.15) is 23.9 Å². The van der Waals surface area contributed by atoms with Crippen molar-refractivity contribution in [3.63, 3.8) is 0 Å². The highest BCUT2D eigenvalue weighted by molar-refractivity contribution is 7.89. The number of anilines is 2. The molecule has 0 radical (unpaired) electrons. The van der Waals surface area contributed by atoms with Crippen LogP contribution in [0.15, 0.2) is 41.3 Å². The van der Waals surface area contributed by atoms with E-state index in [1.165, 1.54) is 11.2 Å². The molecule has 0 spiro atoms. The predicted octanol–water partition coefficient (Wildman–Crippen LogP) is 2.06. The van der Waals surface area contributed by atoms with Gasteiger partial charge in [-0.1, -0.05) is 0 Å². The van der Waals surface area contributed by atoms with Crippen molar-refractivity contribution in [2.24, 2.45) is 0 Å². The van der Waals surface area contributed by atoms with Gasteiger partial charge in [0.2, 0.25) is 15.9 Å². The van der Waals surface area contributed by atoms with Gasteiger partial charge in [-0.15, -0.1) is 10.2 Å². The van der Waals surface area contributed by atoms with Gasteiger partial charge in [0.15, 0.2) is 11.6 Å². The van der Waals surface area contributed by atoms with Crippen LogP contribution < -0.4 is 10.2 Å². The zero-order valence-electron chi connectivity index (χ0n) is 19.1. The molecule has 1 aliphatic heterocycles. The van der Waals surface area contributed by atoms with Gasteiger partial charge in [-0.2, -0.15) is 9.40 Å². The monoisotopic (exact) mass is 469 g/mol. The van der Waals surface area contributed by atoms with E-state index in [-0.39, 0.29) is 10.8 Å². The lowest BCUT2D eigenvalue weighted by Crippen LogP contribution is -2.49. The zero-order valence-corrected chi connectivity index (χ0v) is 19.9. The molecule has 2 aromatic heterocycles. The van der Waals surface area contributed by atoms with E-state index in [4.69, 9.17) is 0 Å². The Morgan fingerprint density at radius 3 is 2.15 bits per heavy atom. The number of sulfonamides is 1. The molecule has 3 aromatic rings. The van der Waals surface area contributed by atoms with Crippen LogP contribution in [-0.4, -0.2) is 64.8 Å². The molecule has 1 aliphatic rings. The van der Waals surface area contributed by atoms with Crippen LogP contribution >= 0.6 is 0 Å².